The molecule has 15 heavy (non-hydrogen) atoms. The fourth-order valence-corrected chi connectivity index (χ4v) is 1.08. The Morgan fingerprint density at radius 1 is 1.33 bits per heavy atom. The van der Waals surface area contributed by atoms with Gasteiger partial charge in [0.1, 0.15) is 18.0 Å². The lowest BCUT2D eigenvalue weighted by molar-refractivity contribution is -0.149. The third-order valence-corrected chi connectivity index (χ3v) is 2.00. The summed E-state index contributed by atoms with van der Waals surface area (Å²) in [6.45, 7) is 3.27. The van der Waals surface area contributed by atoms with Crippen molar-refractivity contribution in [2.45, 2.75) is 26.0 Å². The molecule has 1 aromatic rings. The second kappa shape index (κ2) is 4.89. The van der Waals surface area contributed by atoms with Crippen LogP contribution in [0.4, 0.5) is 4.39 Å². The second-order valence-corrected chi connectivity index (χ2v) is 3.42. The number of carbonyl (C=O) groups is 1. The third-order valence-electron chi connectivity index (χ3n) is 2.00. The molecular weight excluding hydrogens is 197 g/mol. The molecule has 82 valence electrons. The van der Waals surface area contributed by atoms with Crippen LogP contribution in [-0.4, -0.2) is 12.0 Å². The number of nitrogens with two attached hydrogens (primary N) is 1. The van der Waals surface area contributed by atoms with Crippen LogP contribution in [0.5, 0.6) is 0 Å². The van der Waals surface area contributed by atoms with Crippen molar-refractivity contribution in [3.63, 3.8) is 0 Å². The summed E-state index contributed by atoms with van der Waals surface area (Å²) in [6.07, 6.45) is -0.413. The molecule has 4 heteroatoms. The molecular formula is C11H14FNO2. The van der Waals surface area contributed by atoms with Gasteiger partial charge in [-0.25, -0.2) is 4.39 Å². The van der Waals surface area contributed by atoms with Crippen molar-refractivity contribution in [2.24, 2.45) is 5.73 Å². The summed E-state index contributed by atoms with van der Waals surface area (Å²) in [5.74, 6) is -0.781. The summed E-state index contributed by atoms with van der Waals surface area (Å²) in [7, 11) is 0. The summed E-state index contributed by atoms with van der Waals surface area (Å²) in [5.41, 5.74) is 6.09. The first-order chi connectivity index (χ1) is 7.00. The smallest absolute Gasteiger partial charge is 0.323 e. The molecule has 0 aliphatic heterocycles. The van der Waals surface area contributed by atoms with Gasteiger partial charge in [0.25, 0.3) is 0 Å². The molecule has 3 nitrogen and oxygen atoms in total. The summed E-state index contributed by atoms with van der Waals surface area (Å²) in [6, 6.07) is 5.16. The van der Waals surface area contributed by atoms with Crippen molar-refractivity contribution in [1.29, 1.82) is 0 Å². The molecule has 1 aromatic carbocycles. The number of rotatable bonds is 3. The van der Waals surface area contributed by atoms with Crippen LogP contribution in [-0.2, 0) is 9.53 Å². The van der Waals surface area contributed by atoms with E-state index in [0.29, 0.717) is 0 Å². The lowest BCUT2D eigenvalue weighted by Crippen LogP contribution is -2.29. The molecule has 0 aliphatic rings. The molecule has 2 N–H and O–H groups in total. The lowest BCUT2D eigenvalue weighted by atomic mass is 10.1. The Morgan fingerprint density at radius 3 is 2.33 bits per heavy atom. The topological polar surface area (TPSA) is 52.3 Å². The van der Waals surface area contributed by atoms with Gasteiger partial charge in [-0.2, -0.15) is 0 Å². The Labute approximate surface area is 88.0 Å². The van der Waals surface area contributed by atoms with Gasteiger partial charge in [-0.15, -0.1) is 0 Å². The van der Waals surface area contributed by atoms with Crippen molar-refractivity contribution in [3.05, 3.63) is 35.6 Å². The standard InChI is InChI=1S/C11H14FNO2/c1-7(13)11(14)15-8(2)9-3-5-10(12)6-4-9/h3-8H,13H2,1-2H3. The molecule has 2 unspecified atom stereocenters. The molecule has 0 fully saturated rings. The van der Waals surface area contributed by atoms with Gasteiger partial charge in [0.15, 0.2) is 0 Å². The first kappa shape index (κ1) is 11.7. The molecule has 0 aliphatic carbocycles. The van der Waals surface area contributed by atoms with E-state index in [1.165, 1.54) is 12.1 Å². The summed E-state index contributed by atoms with van der Waals surface area (Å²) < 4.78 is 17.7. The summed E-state index contributed by atoms with van der Waals surface area (Å²) in [5, 5.41) is 0. The summed E-state index contributed by atoms with van der Waals surface area (Å²) >= 11 is 0. The lowest BCUT2D eigenvalue weighted by Gasteiger charge is -2.14. The molecule has 0 bridgehead atoms. The van der Waals surface area contributed by atoms with Crippen LogP contribution >= 0.6 is 0 Å². The molecule has 0 aromatic heterocycles. The van der Waals surface area contributed by atoms with E-state index in [9.17, 15) is 9.18 Å². The maximum Gasteiger partial charge on any atom is 0.323 e. The number of ether oxygens (including phenoxy) is 1. The molecule has 0 radical (unpaired) electrons. The molecule has 0 amide bonds. The molecule has 2 atom stereocenters. The Hall–Kier alpha value is -1.42. The van der Waals surface area contributed by atoms with Gasteiger partial charge in [-0.3, -0.25) is 4.79 Å². The maximum absolute atomic E-state index is 12.6. The monoisotopic (exact) mass is 211 g/mol. The van der Waals surface area contributed by atoms with Crippen LogP contribution in [0.1, 0.15) is 25.5 Å². The van der Waals surface area contributed by atoms with Gasteiger partial charge in [0.2, 0.25) is 0 Å². The average molecular weight is 211 g/mol. The van der Waals surface area contributed by atoms with E-state index in [2.05, 4.69) is 0 Å². The summed E-state index contributed by atoms with van der Waals surface area (Å²) in [4.78, 5) is 11.2. The van der Waals surface area contributed by atoms with E-state index in [1.54, 1.807) is 26.0 Å². The van der Waals surface area contributed by atoms with E-state index in [0.717, 1.165) is 5.56 Å². The fraction of sp³-hybridized carbons (Fsp3) is 0.364. The Kier molecular flexibility index (Phi) is 3.80. The Bertz CT molecular complexity index is 335. The molecule has 1 rings (SSSR count). The molecule has 0 spiro atoms. The number of hydrogen-bond acceptors (Lipinski definition) is 3. The third kappa shape index (κ3) is 3.32. The van der Waals surface area contributed by atoms with Crippen LogP contribution in [0.3, 0.4) is 0 Å². The minimum Gasteiger partial charge on any atom is -0.457 e. The van der Waals surface area contributed by atoms with E-state index in [4.69, 9.17) is 10.5 Å². The number of halogens is 1. The number of benzene rings is 1. The van der Waals surface area contributed by atoms with Crippen LogP contribution < -0.4 is 5.73 Å². The number of esters is 1. The normalized spacial score (nSPS) is 14.4. The largest absolute Gasteiger partial charge is 0.457 e. The number of carbonyl (C=O) groups excluding carboxylic acids is 1. The van der Waals surface area contributed by atoms with E-state index in [1.807, 2.05) is 0 Å². The average Bonchev–Trinajstić information content (AvgIpc) is 2.18. The van der Waals surface area contributed by atoms with Gasteiger partial charge >= 0.3 is 5.97 Å². The van der Waals surface area contributed by atoms with Gasteiger partial charge in [0.05, 0.1) is 0 Å². The van der Waals surface area contributed by atoms with Gasteiger partial charge in [-0.1, -0.05) is 12.1 Å². The highest BCUT2D eigenvalue weighted by Gasteiger charge is 2.14. The van der Waals surface area contributed by atoms with Gasteiger partial charge in [-0.05, 0) is 31.5 Å². The predicted octanol–water partition coefficient (Wildman–Crippen LogP) is 1.78. The van der Waals surface area contributed by atoms with Crippen molar-refractivity contribution in [2.75, 3.05) is 0 Å². The first-order valence-corrected chi connectivity index (χ1v) is 4.72. The zero-order chi connectivity index (χ0) is 11.4. The van der Waals surface area contributed by atoms with Crippen molar-refractivity contribution >= 4 is 5.97 Å². The van der Waals surface area contributed by atoms with Crippen molar-refractivity contribution in [3.8, 4) is 0 Å². The molecule has 0 saturated heterocycles. The van der Waals surface area contributed by atoms with E-state index in [-0.39, 0.29) is 5.82 Å². The van der Waals surface area contributed by atoms with Gasteiger partial charge < -0.3 is 10.5 Å². The number of hydrogen-bond donors (Lipinski definition) is 1. The Morgan fingerprint density at radius 2 is 1.87 bits per heavy atom. The highest BCUT2D eigenvalue weighted by atomic mass is 19.1. The predicted molar refractivity (Wildman–Crippen MR) is 54.6 cm³/mol. The second-order valence-electron chi connectivity index (χ2n) is 3.42. The highest BCUT2D eigenvalue weighted by Crippen LogP contribution is 2.17. The highest BCUT2D eigenvalue weighted by molar-refractivity contribution is 5.75. The van der Waals surface area contributed by atoms with E-state index < -0.39 is 18.1 Å². The molecule has 0 saturated carbocycles. The van der Waals surface area contributed by atoms with Crippen molar-refractivity contribution < 1.29 is 13.9 Å². The van der Waals surface area contributed by atoms with Crippen LogP contribution in [0, 0.1) is 5.82 Å². The minimum atomic E-state index is -0.645. The quantitative estimate of drug-likeness (QED) is 0.775. The first-order valence-electron chi connectivity index (χ1n) is 4.72. The van der Waals surface area contributed by atoms with Gasteiger partial charge in [0, 0.05) is 0 Å². The SMILES string of the molecule is CC(N)C(=O)OC(C)c1ccc(F)cc1. The van der Waals surface area contributed by atoms with Crippen LogP contribution in [0.25, 0.3) is 0 Å². The Balaban J connectivity index is 2.65. The van der Waals surface area contributed by atoms with Crippen LogP contribution in [0.2, 0.25) is 0 Å². The molecule has 0 heterocycles. The fourth-order valence-electron chi connectivity index (χ4n) is 1.08. The zero-order valence-electron chi connectivity index (χ0n) is 8.74. The minimum absolute atomic E-state index is 0.315. The zero-order valence-corrected chi connectivity index (χ0v) is 8.74. The van der Waals surface area contributed by atoms with Crippen molar-refractivity contribution in [1.82, 2.24) is 0 Å². The van der Waals surface area contributed by atoms with E-state index >= 15 is 0 Å². The maximum atomic E-state index is 12.6. The van der Waals surface area contributed by atoms with Crippen LogP contribution in [0.15, 0.2) is 24.3 Å².